The summed E-state index contributed by atoms with van der Waals surface area (Å²) in [7, 11) is 0. The predicted octanol–water partition coefficient (Wildman–Crippen LogP) is 0.144. The van der Waals surface area contributed by atoms with Crippen molar-refractivity contribution in [2.75, 3.05) is 5.73 Å². The first-order valence-electron chi connectivity index (χ1n) is 5.49. The average Bonchev–Trinajstić information content (AvgIpc) is 2.36. The number of hydrogen-bond acceptors (Lipinski definition) is 6. The van der Waals surface area contributed by atoms with Crippen LogP contribution in [0.3, 0.4) is 0 Å². The Morgan fingerprint density at radius 2 is 1.89 bits per heavy atom. The molecule has 0 unspecified atom stereocenters. The van der Waals surface area contributed by atoms with Crippen LogP contribution in [0.4, 0.5) is 5.69 Å². The summed E-state index contributed by atoms with van der Waals surface area (Å²) in [6.45, 7) is 0. The van der Waals surface area contributed by atoms with Gasteiger partial charge in [-0.2, -0.15) is 0 Å². The van der Waals surface area contributed by atoms with Gasteiger partial charge in [0.2, 0.25) is 0 Å². The van der Waals surface area contributed by atoms with E-state index < -0.39 is 23.9 Å². The molecule has 1 atom stereocenters. The molecule has 1 aromatic carbocycles. The van der Waals surface area contributed by atoms with Crippen LogP contribution in [0, 0.1) is 0 Å². The number of aliphatic carboxylic acids is 1. The minimum Gasteiger partial charge on any atom is -0.481 e. The first kappa shape index (κ1) is 14.7. The SMILES string of the molecule is Nc1ccccc1C(=O)OC(=O)[C@@H](N)CCC(=O)O. The smallest absolute Gasteiger partial charge is 0.347 e. The van der Waals surface area contributed by atoms with E-state index in [2.05, 4.69) is 4.74 Å². The van der Waals surface area contributed by atoms with E-state index in [4.69, 9.17) is 16.6 Å². The highest BCUT2D eigenvalue weighted by Gasteiger charge is 2.21. The maximum Gasteiger partial charge on any atom is 0.347 e. The highest BCUT2D eigenvalue weighted by molar-refractivity contribution is 6.01. The van der Waals surface area contributed by atoms with Crippen molar-refractivity contribution in [3.63, 3.8) is 0 Å². The molecule has 0 bridgehead atoms. The number of hydrogen-bond donors (Lipinski definition) is 3. The number of anilines is 1. The molecule has 0 radical (unpaired) electrons. The van der Waals surface area contributed by atoms with Crippen molar-refractivity contribution in [3.8, 4) is 0 Å². The highest BCUT2D eigenvalue weighted by atomic mass is 16.6. The number of nitrogen functional groups attached to an aromatic ring is 1. The Morgan fingerprint density at radius 3 is 2.47 bits per heavy atom. The summed E-state index contributed by atoms with van der Waals surface area (Å²) in [5.74, 6) is -2.97. The van der Waals surface area contributed by atoms with Gasteiger partial charge < -0.3 is 21.3 Å². The van der Waals surface area contributed by atoms with Gasteiger partial charge in [-0.3, -0.25) is 4.79 Å². The number of para-hydroxylation sites is 1. The van der Waals surface area contributed by atoms with E-state index in [-0.39, 0.29) is 24.1 Å². The third-order valence-corrected chi connectivity index (χ3v) is 2.35. The lowest BCUT2D eigenvalue weighted by Crippen LogP contribution is -2.34. The van der Waals surface area contributed by atoms with Gasteiger partial charge in [0.25, 0.3) is 0 Å². The fourth-order valence-electron chi connectivity index (χ4n) is 1.30. The van der Waals surface area contributed by atoms with Crippen LogP contribution in [0.2, 0.25) is 0 Å². The van der Waals surface area contributed by atoms with Gasteiger partial charge in [0.05, 0.1) is 5.56 Å². The summed E-state index contributed by atoms with van der Waals surface area (Å²) in [4.78, 5) is 33.4. The number of nitrogens with two attached hydrogens (primary N) is 2. The van der Waals surface area contributed by atoms with Crippen molar-refractivity contribution >= 4 is 23.6 Å². The van der Waals surface area contributed by atoms with Crippen LogP contribution in [-0.4, -0.2) is 29.1 Å². The quantitative estimate of drug-likeness (QED) is 0.392. The second kappa shape index (κ2) is 6.50. The summed E-state index contributed by atoms with van der Waals surface area (Å²) < 4.78 is 4.54. The first-order chi connectivity index (χ1) is 8.91. The largest absolute Gasteiger partial charge is 0.481 e. The van der Waals surface area contributed by atoms with E-state index >= 15 is 0 Å². The van der Waals surface area contributed by atoms with Crippen molar-refractivity contribution in [1.29, 1.82) is 0 Å². The average molecular weight is 266 g/mol. The summed E-state index contributed by atoms with van der Waals surface area (Å²) >= 11 is 0. The molecule has 0 heterocycles. The van der Waals surface area contributed by atoms with Crippen molar-refractivity contribution in [3.05, 3.63) is 29.8 Å². The second-order valence-electron chi connectivity index (χ2n) is 3.83. The van der Waals surface area contributed by atoms with Crippen LogP contribution >= 0.6 is 0 Å². The Kier molecular flexibility index (Phi) is 5.01. The number of carboxylic acid groups (broad SMARTS) is 1. The van der Waals surface area contributed by atoms with E-state index in [0.29, 0.717) is 0 Å². The van der Waals surface area contributed by atoms with E-state index in [1.54, 1.807) is 12.1 Å². The molecule has 5 N–H and O–H groups in total. The Hall–Kier alpha value is -2.41. The molecule has 0 amide bonds. The maximum absolute atomic E-state index is 11.6. The monoisotopic (exact) mass is 266 g/mol. The van der Waals surface area contributed by atoms with E-state index in [0.717, 1.165) is 0 Å². The maximum atomic E-state index is 11.6. The van der Waals surface area contributed by atoms with Crippen LogP contribution in [-0.2, 0) is 14.3 Å². The molecule has 0 spiro atoms. The molecule has 0 aliphatic rings. The zero-order valence-corrected chi connectivity index (χ0v) is 10.0. The van der Waals surface area contributed by atoms with Gasteiger partial charge >= 0.3 is 17.9 Å². The number of benzene rings is 1. The number of ether oxygens (including phenoxy) is 1. The predicted molar refractivity (Wildman–Crippen MR) is 66.1 cm³/mol. The Bertz CT molecular complexity index is 501. The Balaban J connectivity index is 2.59. The topological polar surface area (TPSA) is 133 Å². The Morgan fingerprint density at radius 1 is 1.26 bits per heavy atom. The number of carbonyl (C=O) groups excluding carboxylic acids is 2. The fourth-order valence-corrected chi connectivity index (χ4v) is 1.30. The summed E-state index contributed by atoms with van der Waals surface area (Å²) in [5.41, 5.74) is 11.2. The first-order valence-corrected chi connectivity index (χ1v) is 5.49. The van der Waals surface area contributed by atoms with Crippen molar-refractivity contribution in [2.45, 2.75) is 18.9 Å². The molecule has 1 aromatic rings. The Labute approximate surface area is 109 Å². The molecule has 0 aliphatic heterocycles. The summed E-state index contributed by atoms with van der Waals surface area (Å²) in [6.07, 6.45) is -0.385. The summed E-state index contributed by atoms with van der Waals surface area (Å²) in [6, 6.07) is 4.94. The minimum absolute atomic E-state index is 0.0567. The lowest BCUT2D eigenvalue weighted by atomic mass is 10.1. The van der Waals surface area contributed by atoms with Crippen molar-refractivity contribution < 1.29 is 24.2 Å². The molecular weight excluding hydrogens is 252 g/mol. The molecule has 1 rings (SSSR count). The van der Waals surface area contributed by atoms with Gasteiger partial charge in [-0.1, -0.05) is 12.1 Å². The zero-order chi connectivity index (χ0) is 14.4. The van der Waals surface area contributed by atoms with Gasteiger partial charge in [-0.25, -0.2) is 9.59 Å². The van der Waals surface area contributed by atoms with Crippen molar-refractivity contribution in [1.82, 2.24) is 0 Å². The van der Waals surface area contributed by atoms with Crippen molar-refractivity contribution in [2.24, 2.45) is 5.73 Å². The molecule has 7 nitrogen and oxygen atoms in total. The number of esters is 2. The van der Waals surface area contributed by atoms with E-state index in [1.807, 2.05) is 0 Å². The normalized spacial score (nSPS) is 11.6. The van der Waals surface area contributed by atoms with Crippen LogP contribution in [0.25, 0.3) is 0 Å². The lowest BCUT2D eigenvalue weighted by molar-refractivity contribution is -0.140. The standard InChI is InChI=1S/C12H14N2O5/c13-8-4-2-1-3-7(8)11(17)19-12(18)9(14)5-6-10(15)16/h1-4,9H,5-6,13-14H2,(H,15,16)/t9-/m0/s1. The van der Waals surface area contributed by atoms with Gasteiger partial charge in [-0.05, 0) is 18.6 Å². The fraction of sp³-hybridized carbons (Fsp3) is 0.250. The number of rotatable bonds is 5. The van der Waals surface area contributed by atoms with Gasteiger partial charge in [-0.15, -0.1) is 0 Å². The molecular formula is C12H14N2O5. The minimum atomic E-state index is -1.16. The molecule has 0 saturated carbocycles. The lowest BCUT2D eigenvalue weighted by Gasteiger charge is -2.09. The molecule has 102 valence electrons. The van der Waals surface area contributed by atoms with E-state index in [1.165, 1.54) is 12.1 Å². The molecule has 0 aliphatic carbocycles. The zero-order valence-electron chi connectivity index (χ0n) is 10.0. The van der Waals surface area contributed by atoms with Crippen LogP contribution in [0.1, 0.15) is 23.2 Å². The number of carboxylic acids is 1. The molecule has 19 heavy (non-hydrogen) atoms. The second-order valence-corrected chi connectivity index (χ2v) is 3.83. The van der Waals surface area contributed by atoms with Crippen LogP contribution in [0.15, 0.2) is 24.3 Å². The molecule has 7 heteroatoms. The highest BCUT2D eigenvalue weighted by Crippen LogP contribution is 2.12. The number of carbonyl (C=O) groups is 3. The summed E-state index contributed by atoms with van der Waals surface area (Å²) in [5, 5.41) is 8.45. The third kappa shape index (κ3) is 4.40. The van der Waals surface area contributed by atoms with Gasteiger partial charge in [0.1, 0.15) is 6.04 Å². The molecule has 0 aromatic heterocycles. The molecule has 0 saturated heterocycles. The van der Waals surface area contributed by atoms with Crippen LogP contribution < -0.4 is 11.5 Å². The third-order valence-electron chi connectivity index (χ3n) is 2.35. The van der Waals surface area contributed by atoms with E-state index in [9.17, 15) is 14.4 Å². The van der Waals surface area contributed by atoms with Gasteiger partial charge in [0, 0.05) is 12.1 Å². The van der Waals surface area contributed by atoms with Gasteiger partial charge in [0.15, 0.2) is 0 Å². The molecule has 0 fully saturated rings. The van der Waals surface area contributed by atoms with Crippen LogP contribution in [0.5, 0.6) is 0 Å².